The van der Waals surface area contributed by atoms with E-state index in [4.69, 9.17) is 5.11 Å². The largest absolute Gasteiger partial charge is 0.478 e. The molecule has 0 aromatic carbocycles. The van der Waals surface area contributed by atoms with Gasteiger partial charge in [-0.05, 0) is 13.0 Å². The van der Waals surface area contributed by atoms with Crippen molar-refractivity contribution in [1.82, 2.24) is 20.5 Å². The fraction of sp³-hybridized carbons (Fsp3) is 0.167. The number of aromatic amines is 1. The summed E-state index contributed by atoms with van der Waals surface area (Å²) in [6.07, 6.45) is 4.14. The third-order valence-electron chi connectivity index (χ3n) is 2.67. The maximum absolute atomic E-state index is 11.9. The number of pyridine rings is 1. The van der Waals surface area contributed by atoms with E-state index in [0.29, 0.717) is 0 Å². The highest BCUT2D eigenvalue weighted by Gasteiger charge is 2.16. The van der Waals surface area contributed by atoms with Gasteiger partial charge in [-0.15, -0.1) is 0 Å². The van der Waals surface area contributed by atoms with Crippen LogP contribution >= 0.6 is 0 Å². The number of amides is 1. The molecule has 0 fully saturated rings. The molecule has 0 saturated carbocycles. The molecular formula is C12H12N4O3. The smallest absolute Gasteiger partial charge is 0.338 e. The van der Waals surface area contributed by atoms with Gasteiger partial charge in [0.05, 0.1) is 17.3 Å². The highest BCUT2D eigenvalue weighted by atomic mass is 16.4. The molecule has 0 aliphatic heterocycles. The Kier molecular flexibility index (Phi) is 3.56. The predicted molar refractivity (Wildman–Crippen MR) is 65.7 cm³/mol. The van der Waals surface area contributed by atoms with Gasteiger partial charge in [0.15, 0.2) is 0 Å². The van der Waals surface area contributed by atoms with Gasteiger partial charge < -0.3 is 10.4 Å². The summed E-state index contributed by atoms with van der Waals surface area (Å²) < 4.78 is 0. The summed E-state index contributed by atoms with van der Waals surface area (Å²) in [5.41, 5.74) is 1.67. The minimum atomic E-state index is -1.18. The SMILES string of the molecule is Cc1[nH]ncc1CNC(=O)c1ccncc1C(=O)O. The van der Waals surface area contributed by atoms with Crippen LogP contribution in [0.4, 0.5) is 0 Å². The predicted octanol–water partition coefficient (Wildman–Crippen LogP) is 0.741. The van der Waals surface area contributed by atoms with Crippen molar-refractivity contribution in [2.45, 2.75) is 13.5 Å². The van der Waals surface area contributed by atoms with E-state index in [0.717, 1.165) is 17.5 Å². The molecule has 7 nitrogen and oxygen atoms in total. The molecule has 0 atom stereocenters. The Hall–Kier alpha value is -2.70. The Morgan fingerprint density at radius 2 is 2.16 bits per heavy atom. The summed E-state index contributed by atoms with van der Waals surface area (Å²) in [4.78, 5) is 26.6. The van der Waals surface area contributed by atoms with Gasteiger partial charge in [-0.3, -0.25) is 14.9 Å². The number of H-pyrrole nitrogens is 1. The molecule has 2 rings (SSSR count). The lowest BCUT2D eigenvalue weighted by Crippen LogP contribution is -2.25. The van der Waals surface area contributed by atoms with Gasteiger partial charge in [0.1, 0.15) is 0 Å². The van der Waals surface area contributed by atoms with Gasteiger partial charge in [0, 0.05) is 30.2 Å². The molecule has 2 aromatic rings. The van der Waals surface area contributed by atoms with Gasteiger partial charge in [-0.25, -0.2) is 4.79 Å². The van der Waals surface area contributed by atoms with E-state index in [1.54, 1.807) is 6.20 Å². The van der Waals surface area contributed by atoms with E-state index < -0.39 is 11.9 Å². The van der Waals surface area contributed by atoms with Crippen molar-refractivity contribution in [3.8, 4) is 0 Å². The molecular weight excluding hydrogens is 248 g/mol. The molecule has 0 spiro atoms. The number of aromatic carboxylic acids is 1. The van der Waals surface area contributed by atoms with E-state index in [9.17, 15) is 9.59 Å². The van der Waals surface area contributed by atoms with Crippen LogP contribution in [0.3, 0.4) is 0 Å². The van der Waals surface area contributed by atoms with Crippen LogP contribution in [0.15, 0.2) is 24.7 Å². The summed E-state index contributed by atoms with van der Waals surface area (Å²) in [6.45, 7) is 2.12. The van der Waals surface area contributed by atoms with Crippen molar-refractivity contribution in [1.29, 1.82) is 0 Å². The van der Waals surface area contributed by atoms with Crippen LogP contribution in [0.1, 0.15) is 32.0 Å². The standard InChI is InChI=1S/C12H12N4O3/c1-7-8(5-15-16-7)4-14-11(17)9-2-3-13-6-10(9)12(18)19/h2-3,5-6H,4H2,1H3,(H,14,17)(H,15,16)(H,18,19). The average molecular weight is 260 g/mol. The normalized spacial score (nSPS) is 10.2. The second-order valence-corrected chi connectivity index (χ2v) is 3.93. The van der Waals surface area contributed by atoms with Crippen molar-refractivity contribution in [3.63, 3.8) is 0 Å². The molecule has 0 saturated heterocycles. The number of hydrogen-bond donors (Lipinski definition) is 3. The van der Waals surface area contributed by atoms with E-state index in [2.05, 4.69) is 20.5 Å². The Balaban J connectivity index is 2.13. The van der Waals surface area contributed by atoms with Gasteiger partial charge in [-0.2, -0.15) is 5.10 Å². The maximum atomic E-state index is 11.9. The third-order valence-corrected chi connectivity index (χ3v) is 2.67. The number of rotatable bonds is 4. The lowest BCUT2D eigenvalue weighted by atomic mass is 10.1. The van der Waals surface area contributed by atoms with Crippen molar-refractivity contribution in [3.05, 3.63) is 47.0 Å². The number of carboxylic acid groups (broad SMARTS) is 1. The number of aryl methyl sites for hydroxylation is 1. The molecule has 19 heavy (non-hydrogen) atoms. The number of carbonyl (C=O) groups excluding carboxylic acids is 1. The first-order valence-electron chi connectivity index (χ1n) is 5.54. The first kappa shape index (κ1) is 12.7. The lowest BCUT2D eigenvalue weighted by Gasteiger charge is -2.06. The Morgan fingerprint density at radius 1 is 1.37 bits per heavy atom. The van der Waals surface area contributed by atoms with E-state index in [1.165, 1.54) is 12.3 Å². The van der Waals surface area contributed by atoms with Crippen LogP contribution in [0, 0.1) is 6.92 Å². The zero-order valence-corrected chi connectivity index (χ0v) is 10.2. The first-order chi connectivity index (χ1) is 9.09. The van der Waals surface area contributed by atoms with Crippen LogP contribution in [0.5, 0.6) is 0 Å². The highest BCUT2D eigenvalue weighted by molar-refractivity contribution is 6.04. The number of nitrogens with one attached hydrogen (secondary N) is 2. The molecule has 7 heteroatoms. The molecule has 1 amide bonds. The van der Waals surface area contributed by atoms with E-state index in [-0.39, 0.29) is 17.7 Å². The highest BCUT2D eigenvalue weighted by Crippen LogP contribution is 2.08. The van der Waals surface area contributed by atoms with E-state index in [1.807, 2.05) is 6.92 Å². The summed E-state index contributed by atoms with van der Waals surface area (Å²) >= 11 is 0. The van der Waals surface area contributed by atoms with Crippen LogP contribution in [0.25, 0.3) is 0 Å². The molecule has 2 heterocycles. The lowest BCUT2D eigenvalue weighted by molar-refractivity contribution is 0.0690. The van der Waals surface area contributed by atoms with Crippen molar-refractivity contribution in [2.24, 2.45) is 0 Å². The zero-order chi connectivity index (χ0) is 13.8. The molecule has 98 valence electrons. The Morgan fingerprint density at radius 3 is 2.79 bits per heavy atom. The fourth-order valence-corrected chi connectivity index (χ4v) is 1.59. The summed E-state index contributed by atoms with van der Waals surface area (Å²) in [6, 6.07) is 1.38. The van der Waals surface area contributed by atoms with Gasteiger partial charge in [-0.1, -0.05) is 0 Å². The van der Waals surface area contributed by atoms with Crippen LogP contribution in [-0.4, -0.2) is 32.2 Å². The zero-order valence-electron chi connectivity index (χ0n) is 10.2. The minimum absolute atomic E-state index is 0.0867. The third kappa shape index (κ3) is 2.76. The Bertz CT molecular complexity index is 621. The average Bonchev–Trinajstić information content (AvgIpc) is 2.81. The molecule has 0 radical (unpaired) electrons. The number of carboxylic acids is 1. The van der Waals surface area contributed by atoms with E-state index >= 15 is 0 Å². The topological polar surface area (TPSA) is 108 Å². The second kappa shape index (κ2) is 5.30. The molecule has 0 unspecified atom stereocenters. The van der Waals surface area contributed by atoms with Crippen molar-refractivity contribution < 1.29 is 14.7 Å². The van der Waals surface area contributed by atoms with Crippen molar-refractivity contribution >= 4 is 11.9 Å². The number of nitrogens with zero attached hydrogens (tertiary/aromatic N) is 2. The van der Waals surface area contributed by atoms with Crippen LogP contribution in [0.2, 0.25) is 0 Å². The Labute approximate surface area is 108 Å². The summed E-state index contributed by atoms with van der Waals surface area (Å²) in [7, 11) is 0. The van der Waals surface area contributed by atoms with Gasteiger partial charge >= 0.3 is 5.97 Å². The van der Waals surface area contributed by atoms with Crippen molar-refractivity contribution in [2.75, 3.05) is 0 Å². The molecule has 2 aromatic heterocycles. The van der Waals surface area contributed by atoms with Crippen LogP contribution < -0.4 is 5.32 Å². The molecule has 0 aliphatic rings. The minimum Gasteiger partial charge on any atom is -0.478 e. The summed E-state index contributed by atoms with van der Waals surface area (Å²) in [5, 5.41) is 18.2. The second-order valence-electron chi connectivity index (χ2n) is 3.93. The number of aromatic nitrogens is 3. The molecule has 3 N–H and O–H groups in total. The fourth-order valence-electron chi connectivity index (χ4n) is 1.59. The van der Waals surface area contributed by atoms with Gasteiger partial charge in [0.25, 0.3) is 5.91 Å². The first-order valence-corrected chi connectivity index (χ1v) is 5.54. The van der Waals surface area contributed by atoms with Crippen LogP contribution in [-0.2, 0) is 6.54 Å². The maximum Gasteiger partial charge on any atom is 0.338 e. The monoisotopic (exact) mass is 260 g/mol. The van der Waals surface area contributed by atoms with Gasteiger partial charge in [0.2, 0.25) is 0 Å². The quantitative estimate of drug-likeness (QED) is 0.751. The molecule has 0 aliphatic carbocycles. The molecule has 0 bridgehead atoms. The summed E-state index contributed by atoms with van der Waals surface area (Å²) in [5.74, 6) is -1.64. The number of hydrogen-bond acceptors (Lipinski definition) is 4. The number of carbonyl (C=O) groups is 2.